The van der Waals surface area contributed by atoms with Crippen LogP contribution in [0.15, 0.2) is 84.9 Å². The van der Waals surface area contributed by atoms with Gasteiger partial charge in [-0.1, -0.05) is 72.8 Å². The maximum Gasteiger partial charge on any atom is 0.408 e. The average Bonchev–Trinajstić information content (AvgIpc) is 3.02. The van der Waals surface area contributed by atoms with Crippen molar-refractivity contribution in [3.05, 3.63) is 102 Å². The molecule has 4 N–H and O–H groups in total. The van der Waals surface area contributed by atoms with Crippen LogP contribution in [0.25, 0.3) is 0 Å². The summed E-state index contributed by atoms with van der Waals surface area (Å²) in [4.78, 5) is 52.2. The minimum Gasteiger partial charge on any atom is -0.489 e. The van der Waals surface area contributed by atoms with Gasteiger partial charge in [0, 0.05) is 12.8 Å². The van der Waals surface area contributed by atoms with Gasteiger partial charge in [0.05, 0.1) is 13.2 Å². The molecule has 3 aromatic rings. The van der Waals surface area contributed by atoms with Gasteiger partial charge in [-0.2, -0.15) is 0 Å². The van der Waals surface area contributed by atoms with Gasteiger partial charge in [-0.3, -0.25) is 9.59 Å². The molecule has 0 saturated heterocycles. The number of carbonyl (C=O) groups excluding carboxylic acids is 4. The predicted octanol–water partition coefficient (Wildman–Crippen LogP) is 3.47. The first-order valence-electron chi connectivity index (χ1n) is 15.0. The van der Waals surface area contributed by atoms with Gasteiger partial charge in [0.25, 0.3) is 0 Å². The lowest BCUT2D eigenvalue weighted by atomic mass is 10.0. The number of hydrogen-bond donors (Lipinski definition) is 4. The summed E-state index contributed by atoms with van der Waals surface area (Å²) in [5.74, 6) is -1.61. The number of esters is 1. The van der Waals surface area contributed by atoms with Crippen molar-refractivity contribution in [2.24, 2.45) is 0 Å². The van der Waals surface area contributed by atoms with Gasteiger partial charge in [-0.05, 0) is 56.5 Å². The molecule has 3 amide bonds. The van der Waals surface area contributed by atoms with Crippen molar-refractivity contribution in [3.63, 3.8) is 0 Å². The normalized spacial score (nSPS) is 13.7. The van der Waals surface area contributed by atoms with Gasteiger partial charge in [0.15, 0.2) is 6.04 Å². The second-order valence-corrected chi connectivity index (χ2v) is 11.8. The summed E-state index contributed by atoms with van der Waals surface area (Å²) in [7, 11) is 1.14. The molecule has 0 saturated carbocycles. The van der Waals surface area contributed by atoms with E-state index in [1.165, 1.54) is 6.92 Å². The van der Waals surface area contributed by atoms with E-state index in [0.717, 1.165) is 18.2 Å². The van der Waals surface area contributed by atoms with Crippen LogP contribution in [0.2, 0.25) is 0 Å². The Morgan fingerprint density at radius 3 is 1.74 bits per heavy atom. The zero-order valence-corrected chi connectivity index (χ0v) is 26.8. The number of aliphatic hydroxyl groups is 1. The summed E-state index contributed by atoms with van der Waals surface area (Å²) >= 11 is 0. The fourth-order valence-electron chi connectivity index (χ4n) is 4.45. The van der Waals surface area contributed by atoms with Crippen LogP contribution in [-0.4, -0.2) is 65.9 Å². The highest BCUT2D eigenvalue weighted by Crippen LogP contribution is 2.16. The largest absolute Gasteiger partial charge is 0.489 e. The number of alkyl carbamates (subject to hydrolysis) is 1. The van der Waals surface area contributed by atoms with Gasteiger partial charge in [-0.25, -0.2) is 9.59 Å². The van der Waals surface area contributed by atoms with E-state index in [1.807, 2.05) is 60.7 Å². The number of aliphatic hydroxyl groups excluding tert-OH is 1. The van der Waals surface area contributed by atoms with Crippen LogP contribution in [0.3, 0.4) is 0 Å². The third-order valence-electron chi connectivity index (χ3n) is 6.77. The van der Waals surface area contributed by atoms with Crippen molar-refractivity contribution in [3.8, 4) is 5.75 Å². The molecule has 246 valence electrons. The van der Waals surface area contributed by atoms with E-state index in [9.17, 15) is 24.3 Å². The summed E-state index contributed by atoms with van der Waals surface area (Å²) < 4.78 is 16.0. The van der Waals surface area contributed by atoms with Crippen LogP contribution in [0.1, 0.15) is 44.4 Å². The summed E-state index contributed by atoms with van der Waals surface area (Å²) in [5.41, 5.74) is 1.65. The van der Waals surface area contributed by atoms with Crippen molar-refractivity contribution in [2.45, 2.75) is 77.0 Å². The van der Waals surface area contributed by atoms with Crippen molar-refractivity contribution in [2.75, 3.05) is 7.11 Å². The van der Waals surface area contributed by atoms with E-state index >= 15 is 0 Å². The minimum absolute atomic E-state index is 0.0226. The molecule has 0 fully saturated rings. The molecule has 0 bridgehead atoms. The lowest BCUT2D eigenvalue weighted by Crippen LogP contribution is -2.58. The highest BCUT2D eigenvalue weighted by molar-refractivity contribution is 5.93. The summed E-state index contributed by atoms with van der Waals surface area (Å²) in [6.45, 7) is 6.83. The van der Waals surface area contributed by atoms with E-state index < -0.39 is 53.7 Å². The predicted molar refractivity (Wildman–Crippen MR) is 172 cm³/mol. The Kier molecular flexibility index (Phi) is 13.1. The molecule has 0 radical (unpaired) electrons. The number of nitrogens with one attached hydrogen (secondary N) is 3. The van der Waals surface area contributed by atoms with E-state index in [0.29, 0.717) is 17.9 Å². The minimum atomic E-state index is -1.37. The third-order valence-corrected chi connectivity index (χ3v) is 6.77. The lowest BCUT2D eigenvalue weighted by Gasteiger charge is -2.27. The van der Waals surface area contributed by atoms with E-state index in [2.05, 4.69) is 16.0 Å². The number of rotatable bonds is 14. The van der Waals surface area contributed by atoms with Crippen molar-refractivity contribution in [1.82, 2.24) is 16.0 Å². The molecule has 0 spiro atoms. The Balaban J connectivity index is 1.83. The molecule has 11 nitrogen and oxygen atoms in total. The number of amides is 3. The first-order valence-corrected chi connectivity index (χ1v) is 15.0. The summed E-state index contributed by atoms with van der Waals surface area (Å²) in [6, 6.07) is 22.1. The van der Waals surface area contributed by atoms with Gasteiger partial charge in [0.2, 0.25) is 11.8 Å². The van der Waals surface area contributed by atoms with Crippen LogP contribution >= 0.6 is 0 Å². The average molecular weight is 634 g/mol. The number of methoxy groups -OCH3 is 1. The summed E-state index contributed by atoms with van der Waals surface area (Å²) in [6.07, 6.45) is -1.93. The second kappa shape index (κ2) is 17.0. The monoisotopic (exact) mass is 633 g/mol. The number of hydrogen-bond acceptors (Lipinski definition) is 8. The molecule has 0 aliphatic rings. The molecule has 0 aromatic heterocycles. The Morgan fingerprint density at radius 2 is 1.22 bits per heavy atom. The van der Waals surface area contributed by atoms with Gasteiger partial charge in [0.1, 0.15) is 30.0 Å². The summed E-state index contributed by atoms with van der Waals surface area (Å²) in [5, 5.41) is 18.0. The van der Waals surface area contributed by atoms with Crippen LogP contribution in [0.4, 0.5) is 4.79 Å². The third kappa shape index (κ3) is 11.9. The highest BCUT2D eigenvalue weighted by Gasteiger charge is 2.33. The molecule has 4 atom stereocenters. The van der Waals surface area contributed by atoms with Crippen molar-refractivity contribution < 1.29 is 38.5 Å². The van der Waals surface area contributed by atoms with Gasteiger partial charge in [-0.15, -0.1) is 0 Å². The van der Waals surface area contributed by atoms with Crippen molar-refractivity contribution in [1.29, 1.82) is 0 Å². The molecule has 11 heteroatoms. The maximum atomic E-state index is 13.7. The number of ether oxygens (including phenoxy) is 3. The lowest BCUT2D eigenvalue weighted by molar-refractivity contribution is -0.148. The van der Waals surface area contributed by atoms with E-state index in [1.54, 1.807) is 45.0 Å². The molecule has 46 heavy (non-hydrogen) atoms. The maximum absolute atomic E-state index is 13.7. The smallest absolute Gasteiger partial charge is 0.408 e. The zero-order valence-electron chi connectivity index (χ0n) is 26.8. The van der Waals surface area contributed by atoms with Crippen molar-refractivity contribution >= 4 is 23.9 Å². The molecule has 0 aliphatic heterocycles. The van der Waals surface area contributed by atoms with Crippen LogP contribution in [0.5, 0.6) is 5.75 Å². The molecule has 0 unspecified atom stereocenters. The fraction of sp³-hybridized carbons (Fsp3) is 0.371. The Bertz CT molecular complexity index is 1420. The zero-order chi connectivity index (χ0) is 33.7. The van der Waals surface area contributed by atoms with Crippen LogP contribution in [-0.2, 0) is 43.3 Å². The first kappa shape index (κ1) is 35.6. The van der Waals surface area contributed by atoms with E-state index in [4.69, 9.17) is 14.2 Å². The quantitative estimate of drug-likeness (QED) is 0.197. The number of carbonyl (C=O) groups is 4. The molecule has 3 aromatic carbocycles. The van der Waals surface area contributed by atoms with Gasteiger partial charge >= 0.3 is 12.1 Å². The number of benzene rings is 3. The second-order valence-electron chi connectivity index (χ2n) is 11.8. The Hall–Kier alpha value is -4.90. The molecular formula is C35H43N3O8. The molecule has 0 heterocycles. The van der Waals surface area contributed by atoms with E-state index in [-0.39, 0.29) is 12.8 Å². The highest BCUT2D eigenvalue weighted by atomic mass is 16.6. The topological polar surface area (TPSA) is 152 Å². The van der Waals surface area contributed by atoms with Crippen LogP contribution < -0.4 is 20.7 Å². The standard InChI is InChI=1S/C35H43N3O8/c1-23(39)30(33(42)44-5)38-32(41)28(21-25-16-18-27(19-17-25)45-22-26-14-10-7-11-15-26)36-31(40)29(20-24-12-8-6-9-13-24)37-34(43)46-35(2,3)4/h6-19,23,28-30,39H,20-22H2,1-5H3,(H,36,40)(H,37,43)(H,38,41)/t23-,28+,29-,30-/m1/s1. The SMILES string of the molecule is COC(=O)[C@H](NC(=O)[C@H](Cc1ccc(OCc2ccccc2)cc1)NC(=O)[C@@H](Cc1ccccc1)NC(=O)OC(C)(C)C)[C@@H](C)O. The Labute approximate surface area is 269 Å². The van der Waals surface area contributed by atoms with Gasteiger partial charge < -0.3 is 35.3 Å². The Morgan fingerprint density at radius 1 is 0.717 bits per heavy atom. The fourth-order valence-corrected chi connectivity index (χ4v) is 4.45. The molecular weight excluding hydrogens is 590 g/mol. The molecule has 3 rings (SSSR count). The molecule has 0 aliphatic carbocycles. The first-order chi connectivity index (χ1) is 21.8. The van der Waals surface area contributed by atoms with Crippen LogP contribution in [0, 0.1) is 0 Å².